The van der Waals surface area contributed by atoms with Gasteiger partial charge in [-0.25, -0.2) is 0 Å². The number of benzene rings is 1. The first kappa shape index (κ1) is 23.0. The summed E-state index contributed by atoms with van der Waals surface area (Å²) in [6.45, 7) is 3.01. The van der Waals surface area contributed by atoms with E-state index >= 15 is 0 Å². The molecule has 6 nitrogen and oxygen atoms in total. The third-order valence-corrected chi connectivity index (χ3v) is 7.83. The second kappa shape index (κ2) is 11.1. The number of anilines is 1. The van der Waals surface area contributed by atoms with Gasteiger partial charge in [-0.15, -0.1) is 0 Å². The highest BCUT2D eigenvalue weighted by atomic mass is 79.9. The summed E-state index contributed by atoms with van der Waals surface area (Å²) in [4.78, 5) is 2.49. The second-order valence-corrected chi connectivity index (χ2v) is 10.8. The largest absolute Gasteiger partial charge is 0.378 e. The lowest BCUT2D eigenvalue weighted by Crippen LogP contribution is -2.43. The Morgan fingerprint density at radius 1 is 1.07 bits per heavy atom. The summed E-state index contributed by atoms with van der Waals surface area (Å²) in [7, 11) is -1.27. The van der Waals surface area contributed by atoms with E-state index in [0.29, 0.717) is 18.8 Å². The fourth-order valence-electron chi connectivity index (χ4n) is 3.74. The van der Waals surface area contributed by atoms with Crippen molar-refractivity contribution >= 4 is 31.8 Å². The summed E-state index contributed by atoms with van der Waals surface area (Å²) < 4.78 is 36.2. The first-order valence-electron chi connectivity index (χ1n) is 10.8. The number of piperidine rings is 1. The third kappa shape index (κ3) is 7.83. The molecular weight excluding hydrogens is 454 g/mol. The fourth-order valence-corrected chi connectivity index (χ4v) is 5.25. The van der Waals surface area contributed by atoms with Gasteiger partial charge in [0.2, 0.25) is 0 Å². The van der Waals surface area contributed by atoms with Gasteiger partial charge in [0.15, 0.2) is 0 Å². The summed E-state index contributed by atoms with van der Waals surface area (Å²) in [6.07, 6.45) is 9.29. The molecule has 0 bridgehead atoms. The zero-order chi connectivity index (χ0) is 20.7. The Morgan fingerprint density at radius 3 is 2.38 bits per heavy atom. The van der Waals surface area contributed by atoms with Gasteiger partial charge in [0.25, 0.3) is 0 Å². The lowest BCUT2D eigenvalue weighted by Gasteiger charge is -2.31. The van der Waals surface area contributed by atoms with Crippen LogP contribution in [0, 0.1) is 0 Å². The summed E-state index contributed by atoms with van der Waals surface area (Å²) in [5, 5.41) is 0. The molecule has 0 atom stereocenters. The van der Waals surface area contributed by atoms with E-state index in [1.807, 2.05) is 12.1 Å². The van der Waals surface area contributed by atoms with Crippen LogP contribution in [0.25, 0.3) is 0 Å². The number of hydrogen-bond donors (Lipinski definition) is 1. The van der Waals surface area contributed by atoms with E-state index < -0.39 is 10.2 Å². The quantitative estimate of drug-likeness (QED) is 0.447. The first-order valence-corrected chi connectivity index (χ1v) is 13.0. The number of hydrogen-bond acceptors (Lipinski definition) is 4. The minimum absolute atomic E-state index is 0.176. The Labute approximate surface area is 184 Å². The molecule has 0 unspecified atom stereocenters. The average Bonchev–Trinajstić information content (AvgIpc) is 3.54. The molecule has 8 heteroatoms. The summed E-state index contributed by atoms with van der Waals surface area (Å²) >= 11 is 3.36. The normalized spacial score (nSPS) is 19.0. The second-order valence-electron chi connectivity index (χ2n) is 8.21. The van der Waals surface area contributed by atoms with Gasteiger partial charge in [-0.3, -0.25) is 4.72 Å². The molecule has 164 valence electrons. The minimum Gasteiger partial charge on any atom is -0.378 e. The van der Waals surface area contributed by atoms with Gasteiger partial charge in [-0.05, 0) is 76.4 Å². The van der Waals surface area contributed by atoms with Crippen LogP contribution >= 0.6 is 15.9 Å². The van der Waals surface area contributed by atoms with E-state index in [1.165, 1.54) is 43.0 Å². The lowest BCUT2D eigenvalue weighted by atomic mass is 10.1. The molecule has 1 N–H and O–H groups in total. The van der Waals surface area contributed by atoms with Gasteiger partial charge in [0, 0.05) is 35.9 Å². The number of unbranched alkanes of at least 4 members (excludes halogenated alkanes) is 3. The topological polar surface area (TPSA) is 61.9 Å². The number of nitrogens with one attached hydrogen (secondary N) is 1. The molecule has 0 aromatic heterocycles. The van der Waals surface area contributed by atoms with E-state index in [2.05, 4.69) is 32.6 Å². The van der Waals surface area contributed by atoms with Crippen molar-refractivity contribution in [1.29, 1.82) is 0 Å². The zero-order valence-corrected chi connectivity index (χ0v) is 19.8. The molecule has 1 aliphatic heterocycles. The molecule has 0 radical (unpaired) electrons. The number of ether oxygens (including phenoxy) is 1. The Hall–Kier alpha value is -0.670. The molecule has 3 rings (SSSR count). The number of rotatable bonds is 12. The molecule has 1 aromatic rings. The zero-order valence-electron chi connectivity index (χ0n) is 17.4. The van der Waals surface area contributed by atoms with Gasteiger partial charge in [-0.2, -0.15) is 12.7 Å². The van der Waals surface area contributed by atoms with Gasteiger partial charge < -0.3 is 9.64 Å². The summed E-state index contributed by atoms with van der Waals surface area (Å²) in [5.74, 6) is 0. The molecule has 1 heterocycles. The van der Waals surface area contributed by atoms with Crippen molar-refractivity contribution in [3.8, 4) is 0 Å². The van der Waals surface area contributed by atoms with Crippen molar-refractivity contribution in [2.24, 2.45) is 0 Å². The Bertz CT molecular complexity index is 717. The molecule has 2 fully saturated rings. The molecule has 0 spiro atoms. The van der Waals surface area contributed by atoms with Crippen LogP contribution in [0.15, 0.2) is 28.7 Å². The van der Waals surface area contributed by atoms with E-state index in [4.69, 9.17) is 4.74 Å². The highest BCUT2D eigenvalue weighted by molar-refractivity contribution is 9.10. The number of nitrogens with zero attached hydrogens (tertiary/aromatic N) is 2. The summed E-state index contributed by atoms with van der Waals surface area (Å²) in [5.41, 5.74) is 0.579. The summed E-state index contributed by atoms with van der Waals surface area (Å²) in [6, 6.07) is 8.01. The average molecular weight is 488 g/mol. The van der Waals surface area contributed by atoms with Crippen LogP contribution in [0.5, 0.6) is 0 Å². The third-order valence-electron chi connectivity index (χ3n) is 5.76. The van der Waals surface area contributed by atoms with E-state index in [0.717, 1.165) is 36.4 Å². The van der Waals surface area contributed by atoms with Crippen molar-refractivity contribution in [1.82, 2.24) is 9.21 Å². The van der Waals surface area contributed by atoms with Crippen LogP contribution in [-0.2, 0) is 14.9 Å². The smallest absolute Gasteiger partial charge is 0.301 e. The van der Waals surface area contributed by atoms with Gasteiger partial charge >= 0.3 is 10.2 Å². The fraction of sp³-hybridized carbons (Fsp3) is 0.714. The van der Waals surface area contributed by atoms with Crippen molar-refractivity contribution < 1.29 is 13.2 Å². The Kier molecular flexibility index (Phi) is 8.80. The van der Waals surface area contributed by atoms with Crippen molar-refractivity contribution in [2.45, 2.75) is 63.5 Å². The molecular formula is C21H34BrN3O3S. The maximum absolute atomic E-state index is 12.6. The SMILES string of the molecule is CN(CCCCCCOC1CCN(S(=O)(=O)Nc2ccc(Br)cc2)CC1)C1CC1. The van der Waals surface area contributed by atoms with Crippen LogP contribution in [0.4, 0.5) is 5.69 Å². The van der Waals surface area contributed by atoms with Crippen LogP contribution in [0.1, 0.15) is 51.4 Å². The van der Waals surface area contributed by atoms with Crippen molar-refractivity contribution in [3.05, 3.63) is 28.7 Å². The standard InChI is InChI=1S/C21H34BrN3O3S/c1-24(20-10-11-20)14-4-2-3-5-17-28-21-12-15-25(16-13-21)29(26,27)23-19-8-6-18(22)7-9-19/h6-9,20-21,23H,2-5,10-17H2,1H3. The predicted molar refractivity (Wildman–Crippen MR) is 121 cm³/mol. The lowest BCUT2D eigenvalue weighted by molar-refractivity contribution is 0.0193. The molecule has 0 amide bonds. The van der Waals surface area contributed by atoms with Crippen molar-refractivity contribution in [2.75, 3.05) is 38.0 Å². The number of halogens is 1. The Morgan fingerprint density at radius 2 is 1.72 bits per heavy atom. The maximum Gasteiger partial charge on any atom is 0.301 e. The van der Waals surface area contributed by atoms with Gasteiger partial charge in [-0.1, -0.05) is 28.8 Å². The minimum atomic E-state index is -3.51. The van der Waals surface area contributed by atoms with Crippen LogP contribution in [-0.4, -0.2) is 63.1 Å². The molecule has 1 aliphatic carbocycles. The van der Waals surface area contributed by atoms with Gasteiger partial charge in [0.1, 0.15) is 0 Å². The monoisotopic (exact) mass is 487 g/mol. The van der Waals surface area contributed by atoms with E-state index in [-0.39, 0.29) is 6.10 Å². The van der Waals surface area contributed by atoms with Crippen LogP contribution in [0.2, 0.25) is 0 Å². The van der Waals surface area contributed by atoms with E-state index in [1.54, 1.807) is 12.1 Å². The van der Waals surface area contributed by atoms with Crippen LogP contribution in [0.3, 0.4) is 0 Å². The molecule has 1 aromatic carbocycles. The van der Waals surface area contributed by atoms with E-state index in [9.17, 15) is 8.42 Å². The molecule has 1 saturated heterocycles. The molecule has 29 heavy (non-hydrogen) atoms. The molecule has 1 saturated carbocycles. The van der Waals surface area contributed by atoms with Crippen molar-refractivity contribution in [3.63, 3.8) is 0 Å². The predicted octanol–water partition coefficient (Wildman–Crippen LogP) is 4.24. The molecule has 2 aliphatic rings. The van der Waals surface area contributed by atoms with Gasteiger partial charge in [0.05, 0.1) is 6.10 Å². The highest BCUT2D eigenvalue weighted by Crippen LogP contribution is 2.25. The maximum atomic E-state index is 12.6. The highest BCUT2D eigenvalue weighted by Gasteiger charge is 2.28. The van der Waals surface area contributed by atoms with Crippen LogP contribution < -0.4 is 4.72 Å². The Balaban J connectivity index is 1.26. The first-order chi connectivity index (χ1) is 13.9.